The number of carbonyl (C=O) groups excluding carboxylic acids is 1. The summed E-state index contributed by atoms with van der Waals surface area (Å²) in [5.74, 6) is 0.214. The molecule has 1 unspecified atom stereocenters. The lowest BCUT2D eigenvalue weighted by Gasteiger charge is -2.28. The van der Waals surface area contributed by atoms with E-state index in [0.717, 1.165) is 30.9 Å². The number of likely N-dealkylation sites (N-methyl/N-ethyl adjacent to an activating group) is 1. The van der Waals surface area contributed by atoms with Gasteiger partial charge in [0.1, 0.15) is 5.01 Å². The van der Waals surface area contributed by atoms with Gasteiger partial charge in [-0.1, -0.05) is 45.0 Å². The Morgan fingerprint density at radius 2 is 2.04 bits per heavy atom. The summed E-state index contributed by atoms with van der Waals surface area (Å²) >= 11 is 1.63. The summed E-state index contributed by atoms with van der Waals surface area (Å²) in [6.45, 7) is 8.71. The SMILES string of the molecule is CN(CC(=O)N1CCCC1c1ccc(C(C)(C)C)cc1)Cc1nccs1. The van der Waals surface area contributed by atoms with Gasteiger partial charge in [-0.05, 0) is 36.4 Å². The number of thiazole rings is 1. The standard InChI is InChI=1S/C21H29N3OS/c1-21(2,3)17-9-7-16(8-10-17)18-6-5-12-24(18)20(25)15-23(4)14-19-22-11-13-26-19/h7-11,13,18H,5-6,12,14-15H2,1-4H3. The van der Waals surface area contributed by atoms with E-state index in [4.69, 9.17) is 0 Å². The number of rotatable bonds is 5. The Labute approximate surface area is 160 Å². The molecule has 2 aromatic rings. The minimum absolute atomic E-state index is 0.155. The maximum Gasteiger partial charge on any atom is 0.237 e. The Morgan fingerprint density at radius 1 is 1.31 bits per heavy atom. The number of hydrogen-bond donors (Lipinski definition) is 0. The van der Waals surface area contributed by atoms with E-state index in [1.54, 1.807) is 11.3 Å². The first-order chi connectivity index (χ1) is 12.3. The first kappa shape index (κ1) is 19.1. The van der Waals surface area contributed by atoms with E-state index in [1.165, 1.54) is 11.1 Å². The second-order valence-corrected chi connectivity index (χ2v) is 9.19. The Bertz CT molecular complexity index is 719. The van der Waals surface area contributed by atoms with Crippen molar-refractivity contribution in [3.8, 4) is 0 Å². The van der Waals surface area contributed by atoms with Gasteiger partial charge in [0.15, 0.2) is 0 Å². The number of hydrogen-bond acceptors (Lipinski definition) is 4. The Morgan fingerprint density at radius 3 is 2.65 bits per heavy atom. The molecule has 1 aliphatic heterocycles. The topological polar surface area (TPSA) is 36.4 Å². The lowest BCUT2D eigenvalue weighted by atomic mass is 9.86. The molecule has 4 nitrogen and oxygen atoms in total. The maximum absolute atomic E-state index is 12.9. The molecule has 5 heteroatoms. The van der Waals surface area contributed by atoms with E-state index in [9.17, 15) is 4.79 Å². The van der Waals surface area contributed by atoms with Crippen molar-refractivity contribution in [2.24, 2.45) is 0 Å². The van der Waals surface area contributed by atoms with Crippen molar-refractivity contribution in [2.75, 3.05) is 20.1 Å². The summed E-state index contributed by atoms with van der Waals surface area (Å²) in [5.41, 5.74) is 2.74. The van der Waals surface area contributed by atoms with Crippen LogP contribution in [-0.2, 0) is 16.8 Å². The van der Waals surface area contributed by atoms with Gasteiger partial charge >= 0.3 is 0 Å². The van der Waals surface area contributed by atoms with Crippen LogP contribution in [0.25, 0.3) is 0 Å². The fourth-order valence-corrected chi connectivity index (χ4v) is 4.25. The van der Waals surface area contributed by atoms with Crippen LogP contribution in [0.2, 0.25) is 0 Å². The minimum atomic E-state index is 0.155. The third-order valence-electron chi connectivity index (χ3n) is 5.03. The number of amides is 1. The zero-order valence-corrected chi connectivity index (χ0v) is 17.1. The highest BCUT2D eigenvalue weighted by Crippen LogP contribution is 2.33. The lowest BCUT2D eigenvalue weighted by Crippen LogP contribution is -2.38. The van der Waals surface area contributed by atoms with Gasteiger partial charge in [0.2, 0.25) is 5.91 Å². The molecule has 1 aliphatic rings. The highest BCUT2D eigenvalue weighted by atomic mass is 32.1. The van der Waals surface area contributed by atoms with Crippen molar-refractivity contribution >= 4 is 17.2 Å². The molecular weight excluding hydrogens is 342 g/mol. The molecule has 0 aliphatic carbocycles. The molecule has 1 aromatic heterocycles. The van der Waals surface area contributed by atoms with E-state index in [0.29, 0.717) is 6.54 Å². The lowest BCUT2D eigenvalue weighted by molar-refractivity contribution is -0.133. The summed E-state index contributed by atoms with van der Waals surface area (Å²) in [4.78, 5) is 21.3. The smallest absolute Gasteiger partial charge is 0.237 e. The molecule has 3 rings (SSSR count). The predicted molar refractivity (Wildman–Crippen MR) is 107 cm³/mol. The van der Waals surface area contributed by atoms with Gasteiger partial charge in [-0.2, -0.15) is 0 Å². The molecule has 1 amide bonds. The van der Waals surface area contributed by atoms with Crippen molar-refractivity contribution in [1.82, 2.24) is 14.8 Å². The quantitative estimate of drug-likeness (QED) is 0.789. The highest BCUT2D eigenvalue weighted by Gasteiger charge is 2.30. The molecular formula is C21H29N3OS. The monoisotopic (exact) mass is 371 g/mol. The average molecular weight is 372 g/mol. The fourth-order valence-electron chi connectivity index (χ4n) is 3.56. The van der Waals surface area contributed by atoms with Crippen LogP contribution >= 0.6 is 11.3 Å². The Hall–Kier alpha value is -1.72. The van der Waals surface area contributed by atoms with Crippen LogP contribution in [0.15, 0.2) is 35.8 Å². The first-order valence-corrected chi connectivity index (χ1v) is 10.2. The van der Waals surface area contributed by atoms with Gasteiger partial charge in [-0.25, -0.2) is 4.98 Å². The molecule has 1 saturated heterocycles. The van der Waals surface area contributed by atoms with Crippen LogP contribution in [0.1, 0.15) is 55.8 Å². The van der Waals surface area contributed by atoms with E-state index in [-0.39, 0.29) is 17.4 Å². The molecule has 0 bridgehead atoms. The second kappa shape index (κ2) is 7.89. The van der Waals surface area contributed by atoms with Crippen molar-refractivity contribution in [2.45, 2.75) is 51.6 Å². The van der Waals surface area contributed by atoms with Crippen LogP contribution in [-0.4, -0.2) is 40.8 Å². The number of carbonyl (C=O) groups is 1. The van der Waals surface area contributed by atoms with E-state index < -0.39 is 0 Å². The molecule has 0 radical (unpaired) electrons. The van der Waals surface area contributed by atoms with Crippen molar-refractivity contribution in [3.63, 3.8) is 0 Å². The molecule has 2 heterocycles. The van der Waals surface area contributed by atoms with Gasteiger partial charge < -0.3 is 4.90 Å². The van der Waals surface area contributed by atoms with Crippen LogP contribution < -0.4 is 0 Å². The number of benzene rings is 1. The molecule has 1 atom stereocenters. The second-order valence-electron chi connectivity index (χ2n) is 8.22. The summed E-state index contributed by atoms with van der Waals surface area (Å²) < 4.78 is 0. The van der Waals surface area contributed by atoms with E-state index in [2.05, 4.69) is 59.8 Å². The summed E-state index contributed by atoms with van der Waals surface area (Å²) in [6, 6.07) is 9.05. The molecule has 0 saturated carbocycles. The van der Waals surface area contributed by atoms with Gasteiger partial charge in [0, 0.05) is 18.1 Å². The van der Waals surface area contributed by atoms with Gasteiger partial charge in [-0.15, -0.1) is 11.3 Å². The molecule has 1 fully saturated rings. The van der Waals surface area contributed by atoms with Crippen LogP contribution in [0, 0.1) is 0 Å². The normalized spacial score (nSPS) is 17.9. The molecule has 140 valence electrons. The molecule has 1 aromatic carbocycles. The van der Waals surface area contributed by atoms with Crippen LogP contribution in [0.5, 0.6) is 0 Å². The number of nitrogens with zero attached hydrogens (tertiary/aromatic N) is 3. The van der Waals surface area contributed by atoms with Crippen LogP contribution in [0.4, 0.5) is 0 Å². The van der Waals surface area contributed by atoms with E-state index >= 15 is 0 Å². The number of aromatic nitrogens is 1. The van der Waals surface area contributed by atoms with E-state index in [1.807, 2.05) is 18.6 Å². The third-order valence-corrected chi connectivity index (χ3v) is 5.79. The average Bonchev–Trinajstić information content (AvgIpc) is 3.25. The first-order valence-electron chi connectivity index (χ1n) is 9.31. The van der Waals surface area contributed by atoms with Gasteiger partial charge in [0.05, 0.1) is 19.1 Å². The van der Waals surface area contributed by atoms with Crippen molar-refractivity contribution < 1.29 is 4.79 Å². The Balaban J connectivity index is 1.64. The zero-order valence-electron chi connectivity index (χ0n) is 16.2. The van der Waals surface area contributed by atoms with Gasteiger partial charge in [0.25, 0.3) is 0 Å². The summed E-state index contributed by atoms with van der Waals surface area (Å²) in [7, 11) is 1.99. The molecule has 26 heavy (non-hydrogen) atoms. The molecule has 0 spiro atoms. The van der Waals surface area contributed by atoms with Crippen molar-refractivity contribution in [3.05, 3.63) is 52.0 Å². The maximum atomic E-state index is 12.9. The van der Waals surface area contributed by atoms with Gasteiger partial charge in [-0.3, -0.25) is 9.69 Å². The summed E-state index contributed by atoms with van der Waals surface area (Å²) in [6.07, 6.45) is 3.94. The highest BCUT2D eigenvalue weighted by molar-refractivity contribution is 7.09. The predicted octanol–water partition coefficient (Wildman–Crippen LogP) is 4.24. The minimum Gasteiger partial charge on any atom is -0.335 e. The fraction of sp³-hybridized carbons (Fsp3) is 0.524. The summed E-state index contributed by atoms with van der Waals surface area (Å²) in [5, 5.41) is 3.03. The van der Waals surface area contributed by atoms with Crippen molar-refractivity contribution in [1.29, 1.82) is 0 Å². The Kier molecular flexibility index (Phi) is 5.78. The zero-order chi connectivity index (χ0) is 18.7. The largest absolute Gasteiger partial charge is 0.335 e. The third kappa shape index (κ3) is 4.51. The molecule has 0 N–H and O–H groups in total. The number of likely N-dealkylation sites (tertiary alicyclic amines) is 1. The van der Waals surface area contributed by atoms with Crippen LogP contribution in [0.3, 0.4) is 0 Å².